The van der Waals surface area contributed by atoms with Gasteiger partial charge in [0.2, 0.25) is 0 Å². The minimum absolute atomic E-state index is 0.163. The standard InChI is InChI=1S/C18H10ClF8N5O/c19-12-4-10(32-7-9(5-31-32)17(22,23)24)6-29-14(12)16(20,21)8-30-15(33)11-2-1-3-28-13(11)18(25,26)27/h1-7H,8H2,(H,30,33). The molecule has 0 fully saturated rings. The van der Waals surface area contributed by atoms with Gasteiger partial charge in [0, 0.05) is 12.4 Å². The van der Waals surface area contributed by atoms with Crippen LogP contribution in [0.4, 0.5) is 35.1 Å². The average molecular weight is 500 g/mol. The van der Waals surface area contributed by atoms with E-state index >= 15 is 0 Å². The predicted molar refractivity (Wildman–Crippen MR) is 96.8 cm³/mol. The molecular weight excluding hydrogens is 490 g/mol. The van der Waals surface area contributed by atoms with Gasteiger partial charge in [0.15, 0.2) is 5.69 Å². The van der Waals surface area contributed by atoms with Gasteiger partial charge < -0.3 is 5.32 Å². The lowest BCUT2D eigenvalue weighted by Gasteiger charge is -2.19. The summed E-state index contributed by atoms with van der Waals surface area (Å²) in [7, 11) is 0. The van der Waals surface area contributed by atoms with E-state index in [0.29, 0.717) is 17.1 Å². The lowest BCUT2D eigenvalue weighted by atomic mass is 10.1. The molecule has 0 aliphatic heterocycles. The van der Waals surface area contributed by atoms with Crippen LogP contribution < -0.4 is 5.32 Å². The number of nitrogens with one attached hydrogen (secondary N) is 1. The minimum Gasteiger partial charge on any atom is -0.345 e. The fraction of sp³-hybridized carbons (Fsp3) is 0.222. The summed E-state index contributed by atoms with van der Waals surface area (Å²) in [5, 5.41) is 4.46. The monoisotopic (exact) mass is 499 g/mol. The Morgan fingerprint density at radius 2 is 1.70 bits per heavy atom. The Labute approximate surface area is 184 Å². The van der Waals surface area contributed by atoms with Gasteiger partial charge in [-0.1, -0.05) is 11.6 Å². The Kier molecular flexibility index (Phi) is 6.33. The first-order valence-electron chi connectivity index (χ1n) is 8.66. The number of nitrogens with zero attached hydrogens (tertiary/aromatic N) is 4. The van der Waals surface area contributed by atoms with Crippen LogP contribution in [0.15, 0.2) is 43.0 Å². The molecule has 0 aliphatic carbocycles. The van der Waals surface area contributed by atoms with Crippen LogP contribution in [0.3, 0.4) is 0 Å². The molecule has 3 aromatic heterocycles. The highest BCUT2D eigenvalue weighted by atomic mass is 35.5. The van der Waals surface area contributed by atoms with E-state index < -0.39 is 58.3 Å². The van der Waals surface area contributed by atoms with Crippen molar-refractivity contribution in [3.8, 4) is 5.69 Å². The molecule has 0 radical (unpaired) electrons. The fourth-order valence-corrected chi connectivity index (χ4v) is 2.92. The molecule has 15 heteroatoms. The molecular formula is C18H10ClF8N5O. The third-order valence-electron chi connectivity index (χ3n) is 4.14. The van der Waals surface area contributed by atoms with E-state index in [0.717, 1.165) is 30.6 Å². The molecule has 0 bridgehead atoms. The summed E-state index contributed by atoms with van der Waals surface area (Å²) in [6, 6.07) is 2.66. The largest absolute Gasteiger partial charge is 0.434 e. The van der Waals surface area contributed by atoms with E-state index in [1.54, 1.807) is 5.32 Å². The van der Waals surface area contributed by atoms with Crippen LogP contribution in [0.25, 0.3) is 5.69 Å². The Morgan fingerprint density at radius 3 is 2.27 bits per heavy atom. The lowest BCUT2D eigenvalue weighted by Crippen LogP contribution is -2.36. The Hall–Kier alpha value is -3.29. The van der Waals surface area contributed by atoms with E-state index in [-0.39, 0.29) is 5.69 Å². The zero-order valence-electron chi connectivity index (χ0n) is 15.8. The normalized spacial score (nSPS) is 12.6. The SMILES string of the molecule is O=C(NCC(F)(F)c1ncc(-n2cc(C(F)(F)F)cn2)cc1Cl)c1cccnc1C(F)(F)F. The van der Waals surface area contributed by atoms with Crippen LogP contribution in [-0.4, -0.2) is 32.2 Å². The van der Waals surface area contributed by atoms with Crippen LogP contribution >= 0.6 is 11.6 Å². The Morgan fingerprint density at radius 1 is 1.00 bits per heavy atom. The van der Waals surface area contributed by atoms with Crippen molar-refractivity contribution in [2.75, 3.05) is 6.54 Å². The number of rotatable bonds is 5. The number of hydrogen-bond acceptors (Lipinski definition) is 4. The molecule has 0 aliphatic rings. The van der Waals surface area contributed by atoms with Gasteiger partial charge in [-0.3, -0.25) is 14.8 Å². The number of amides is 1. The second-order valence-corrected chi connectivity index (χ2v) is 6.89. The number of pyridine rings is 2. The van der Waals surface area contributed by atoms with Crippen molar-refractivity contribution < 1.29 is 39.9 Å². The third kappa shape index (κ3) is 5.38. The second kappa shape index (κ2) is 8.57. The molecule has 0 unspecified atom stereocenters. The molecule has 3 heterocycles. The molecule has 0 spiro atoms. The van der Waals surface area contributed by atoms with Crippen molar-refractivity contribution >= 4 is 17.5 Å². The molecule has 33 heavy (non-hydrogen) atoms. The quantitative estimate of drug-likeness (QED) is 0.508. The molecule has 0 saturated heterocycles. The van der Waals surface area contributed by atoms with Crippen molar-refractivity contribution in [3.63, 3.8) is 0 Å². The first kappa shape index (κ1) is 24.4. The molecule has 3 rings (SSSR count). The molecule has 0 atom stereocenters. The fourth-order valence-electron chi connectivity index (χ4n) is 2.62. The Bertz CT molecular complexity index is 1180. The van der Waals surface area contributed by atoms with Crippen molar-refractivity contribution in [3.05, 3.63) is 70.5 Å². The van der Waals surface area contributed by atoms with E-state index in [2.05, 4.69) is 15.1 Å². The zero-order chi connectivity index (χ0) is 24.6. The summed E-state index contributed by atoms with van der Waals surface area (Å²) in [6.07, 6.45) is -7.00. The van der Waals surface area contributed by atoms with E-state index in [1.807, 2.05) is 0 Å². The molecule has 1 amide bonds. The molecule has 0 saturated carbocycles. The summed E-state index contributed by atoms with van der Waals surface area (Å²) < 4.78 is 107. The molecule has 1 N–H and O–H groups in total. The van der Waals surface area contributed by atoms with Crippen LogP contribution in [0, 0.1) is 0 Å². The first-order chi connectivity index (χ1) is 15.2. The van der Waals surface area contributed by atoms with Gasteiger partial charge >= 0.3 is 18.3 Å². The van der Waals surface area contributed by atoms with Gasteiger partial charge in [-0.25, -0.2) is 4.68 Å². The smallest absolute Gasteiger partial charge is 0.345 e. The Balaban J connectivity index is 1.78. The van der Waals surface area contributed by atoms with Crippen LogP contribution in [0.1, 0.15) is 27.3 Å². The van der Waals surface area contributed by atoms with Crippen LogP contribution in [-0.2, 0) is 18.3 Å². The highest BCUT2D eigenvalue weighted by Gasteiger charge is 2.39. The topological polar surface area (TPSA) is 72.7 Å². The van der Waals surface area contributed by atoms with Crippen LogP contribution in [0.5, 0.6) is 0 Å². The average Bonchev–Trinajstić information content (AvgIpc) is 3.22. The molecule has 0 aromatic carbocycles. The third-order valence-corrected chi connectivity index (χ3v) is 4.43. The van der Waals surface area contributed by atoms with E-state index in [9.17, 15) is 39.9 Å². The minimum atomic E-state index is -4.99. The maximum atomic E-state index is 14.6. The lowest BCUT2D eigenvalue weighted by molar-refractivity contribution is -0.141. The molecule has 6 nitrogen and oxygen atoms in total. The number of carbonyl (C=O) groups is 1. The van der Waals surface area contributed by atoms with Gasteiger partial charge in [0.25, 0.3) is 5.91 Å². The van der Waals surface area contributed by atoms with Gasteiger partial charge in [-0.05, 0) is 18.2 Å². The summed E-state index contributed by atoms with van der Waals surface area (Å²) >= 11 is 5.80. The maximum absolute atomic E-state index is 14.6. The van der Waals surface area contributed by atoms with Crippen molar-refractivity contribution in [2.24, 2.45) is 0 Å². The summed E-state index contributed by atoms with van der Waals surface area (Å²) in [6.45, 7) is -1.47. The number of alkyl halides is 8. The van der Waals surface area contributed by atoms with Crippen molar-refractivity contribution in [1.82, 2.24) is 25.1 Å². The zero-order valence-corrected chi connectivity index (χ0v) is 16.6. The van der Waals surface area contributed by atoms with E-state index in [4.69, 9.17) is 11.6 Å². The van der Waals surface area contributed by atoms with E-state index in [1.165, 1.54) is 0 Å². The second-order valence-electron chi connectivity index (χ2n) is 6.48. The molecule has 3 aromatic rings. The summed E-state index contributed by atoms with van der Waals surface area (Å²) in [5.74, 6) is -5.40. The highest BCUT2D eigenvalue weighted by molar-refractivity contribution is 6.31. The first-order valence-corrected chi connectivity index (χ1v) is 9.04. The highest BCUT2D eigenvalue weighted by Crippen LogP contribution is 2.34. The number of hydrogen-bond donors (Lipinski definition) is 1. The summed E-state index contributed by atoms with van der Waals surface area (Å²) in [4.78, 5) is 18.6. The van der Waals surface area contributed by atoms with Gasteiger partial charge in [-0.2, -0.15) is 40.2 Å². The number of halogens is 9. The maximum Gasteiger partial charge on any atom is 0.434 e. The molecule has 176 valence electrons. The predicted octanol–water partition coefficient (Wildman–Crippen LogP) is 4.88. The van der Waals surface area contributed by atoms with Crippen molar-refractivity contribution in [2.45, 2.75) is 18.3 Å². The van der Waals surface area contributed by atoms with Crippen LogP contribution in [0.2, 0.25) is 5.02 Å². The van der Waals surface area contributed by atoms with Gasteiger partial charge in [0.1, 0.15) is 5.69 Å². The van der Waals surface area contributed by atoms with Gasteiger partial charge in [-0.15, -0.1) is 0 Å². The van der Waals surface area contributed by atoms with Gasteiger partial charge in [0.05, 0.1) is 40.8 Å². The summed E-state index contributed by atoms with van der Waals surface area (Å²) in [5.41, 5.74) is -4.83. The number of carbonyl (C=O) groups excluding carboxylic acids is 1. The van der Waals surface area contributed by atoms with Crippen molar-refractivity contribution in [1.29, 1.82) is 0 Å². The number of aromatic nitrogens is 4.